The number of methoxy groups -OCH3 is 2. The molecule has 3 nitrogen and oxygen atoms in total. The highest BCUT2D eigenvalue weighted by Gasteiger charge is 2.19. The normalized spacial score (nSPS) is 13.2. The van der Waals surface area contributed by atoms with E-state index in [2.05, 4.69) is 6.07 Å². The number of fused-ring (bicyclic) bond motifs is 1. The second-order valence-corrected chi connectivity index (χ2v) is 4.86. The molecule has 0 atom stereocenters. The predicted molar refractivity (Wildman–Crippen MR) is 77.6 cm³/mol. The first-order valence-corrected chi connectivity index (χ1v) is 6.61. The van der Waals surface area contributed by atoms with Crippen molar-refractivity contribution < 1.29 is 14.3 Å². The summed E-state index contributed by atoms with van der Waals surface area (Å²) >= 11 is 0. The number of Topliss-reactive ketones (excluding diaryl/α,β-unsaturated/α-hetero) is 1. The summed E-state index contributed by atoms with van der Waals surface area (Å²) in [5.41, 5.74) is 4.17. The van der Waals surface area contributed by atoms with Crippen LogP contribution in [0.5, 0.6) is 11.5 Å². The van der Waals surface area contributed by atoms with Crippen LogP contribution in [0.4, 0.5) is 0 Å². The molecule has 0 spiro atoms. The number of hydrogen-bond acceptors (Lipinski definition) is 3. The van der Waals surface area contributed by atoms with Crippen LogP contribution in [0.25, 0.3) is 11.1 Å². The molecule has 0 aromatic heterocycles. The molecule has 0 aliphatic heterocycles. The molecule has 2 aromatic rings. The quantitative estimate of drug-likeness (QED) is 0.854. The van der Waals surface area contributed by atoms with Crippen LogP contribution in [-0.2, 0) is 6.42 Å². The lowest BCUT2D eigenvalue weighted by Gasteiger charge is -2.10. The van der Waals surface area contributed by atoms with Gasteiger partial charge in [-0.25, -0.2) is 0 Å². The number of carbonyl (C=O) groups is 1. The van der Waals surface area contributed by atoms with Crippen LogP contribution in [0.1, 0.15) is 22.3 Å². The van der Waals surface area contributed by atoms with Crippen LogP contribution in [-0.4, -0.2) is 20.0 Å². The van der Waals surface area contributed by atoms with Crippen molar-refractivity contribution in [2.24, 2.45) is 0 Å². The van der Waals surface area contributed by atoms with Gasteiger partial charge in [0.1, 0.15) is 0 Å². The molecule has 0 heterocycles. The van der Waals surface area contributed by atoms with Gasteiger partial charge in [0.15, 0.2) is 17.3 Å². The number of carbonyl (C=O) groups excluding carboxylic acids is 1. The van der Waals surface area contributed by atoms with Crippen LogP contribution in [0.15, 0.2) is 36.4 Å². The van der Waals surface area contributed by atoms with Crippen LogP contribution in [0, 0.1) is 0 Å². The Hall–Kier alpha value is -2.29. The maximum Gasteiger partial charge on any atom is 0.163 e. The van der Waals surface area contributed by atoms with Gasteiger partial charge in [0.2, 0.25) is 0 Å². The number of aryl methyl sites for hydroxylation is 1. The molecule has 0 amide bonds. The third-order valence-electron chi connectivity index (χ3n) is 3.74. The molecule has 20 heavy (non-hydrogen) atoms. The lowest BCUT2D eigenvalue weighted by Crippen LogP contribution is -1.92. The lowest BCUT2D eigenvalue weighted by atomic mass is 10.00. The van der Waals surface area contributed by atoms with Crippen molar-refractivity contribution >= 4 is 5.78 Å². The molecule has 1 aliphatic rings. The van der Waals surface area contributed by atoms with E-state index >= 15 is 0 Å². The first-order valence-electron chi connectivity index (χ1n) is 6.61. The average molecular weight is 268 g/mol. The monoisotopic (exact) mass is 268 g/mol. The third kappa shape index (κ3) is 2.05. The van der Waals surface area contributed by atoms with Gasteiger partial charge in [-0.2, -0.15) is 0 Å². The smallest absolute Gasteiger partial charge is 0.163 e. The number of hydrogen-bond donors (Lipinski definition) is 0. The first kappa shape index (κ1) is 12.7. The van der Waals surface area contributed by atoms with Crippen LogP contribution in [0.3, 0.4) is 0 Å². The number of ether oxygens (including phenoxy) is 2. The van der Waals surface area contributed by atoms with E-state index in [4.69, 9.17) is 9.47 Å². The summed E-state index contributed by atoms with van der Waals surface area (Å²) < 4.78 is 10.6. The molecule has 0 fully saturated rings. The predicted octanol–water partition coefficient (Wildman–Crippen LogP) is 3.50. The maximum absolute atomic E-state index is 11.7. The Labute approximate surface area is 118 Å². The fourth-order valence-electron chi connectivity index (χ4n) is 2.65. The van der Waals surface area contributed by atoms with Gasteiger partial charge in [-0.1, -0.05) is 24.3 Å². The van der Waals surface area contributed by atoms with Crippen molar-refractivity contribution in [2.75, 3.05) is 14.2 Å². The molecule has 3 heteroatoms. The van der Waals surface area contributed by atoms with Crippen LogP contribution >= 0.6 is 0 Å². The van der Waals surface area contributed by atoms with E-state index in [9.17, 15) is 4.79 Å². The summed E-state index contributed by atoms with van der Waals surface area (Å²) in [5.74, 6) is 1.67. The summed E-state index contributed by atoms with van der Waals surface area (Å²) in [6.45, 7) is 0. The van der Waals surface area contributed by atoms with E-state index in [0.29, 0.717) is 17.9 Å². The molecule has 0 saturated heterocycles. The molecule has 102 valence electrons. The number of benzene rings is 2. The highest BCUT2D eigenvalue weighted by Crippen LogP contribution is 2.34. The summed E-state index contributed by atoms with van der Waals surface area (Å²) in [6.07, 6.45) is 1.47. The second-order valence-electron chi connectivity index (χ2n) is 4.86. The van der Waals surface area contributed by atoms with Crippen molar-refractivity contribution in [3.63, 3.8) is 0 Å². The molecule has 0 unspecified atom stereocenters. The van der Waals surface area contributed by atoms with Gasteiger partial charge in [-0.15, -0.1) is 0 Å². The molecule has 3 rings (SSSR count). The summed E-state index contributed by atoms with van der Waals surface area (Å²) in [4.78, 5) is 11.7. The Morgan fingerprint density at radius 3 is 2.30 bits per heavy atom. The molecular formula is C17H16O3. The minimum atomic E-state index is 0.249. The van der Waals surface area contributed by atoms with E-state index in [1.165, 1.54) is 0 Å². The van der Waals surface area contributed by atoms with E-state index in [1.54, 1.807) is 14.2 Å². The van der Waals surface area contributed by atoms with Crippen molar-refractivity contribution in [3.05, 3.63) is 47.5 Å². The SMILES string of the molecule is COc1ccc(-c2ccc3c(c2)CCC3=O)cc1OC. The van der Waals surface area contributed by atoms with E-state index in [1.807, 2.05) is 30.3 Å². The summed E-state index contributed by atoms with van der Waals surface area (Å²) in [7, 11) is 3.25. The fraction of sp³-hybridized carbons (Fsp3) is 0.235. The largest absolute Gasteiger partial charge is 0.493 e. The van der Waals surface area contributed by atoms with Gasteiger partial charge in [-0.3, -0.25) is 4.79 Å². The minimum absolute atomic E-state index is 0.249. The van der Waals surface area contributed by atoms with Crippen LogP contribution in [0.2, 0.25) is 0 Å². The Bertz CT molecular complexity index is 674. The minimum Gasteiger partial charge on any atom is -0.493 e. The standard InChI is InChI=1S/C17H16O3/c1-19-16-8-5-12(10-17(16)20-2)11-3-6-14-13(9-11)4-7-15(14)18/h3,5-6,8-10H,4,7H2,1-2H3. The van der Waals surface area contributed by atoms with E-state index < -0.39 is 0 Å². The molecular weight excluding hydrogens is 252 g/mol. The average Bonchev–Trinajstić information content (AvgIpc) is 2.87. The topological polar surface area (TPSA) is 35.5 Å². The number of rotatable bonds is 3. The molecule has 0 bridgehead atoms. The van der Waals surface area contributed by atoms with Crippen molar-refractivity contribution in [1.82, 2.24) is 0 Å². The van der Waals surface area contributed by atoms with Gasteiger partial charge in [-0.05, 0) is 35.2 Å². The zero-order valence-corrected chi connectivity index (χ0v) is 11.6. The highest BCUT2D eigenvalue weighted by molar-refractivity contribution is 6.00. The summed E-state index contributed by atoms with van der Waals surface area (Å²) in [5, 5.41) is 0. The molecule has 0 saturated carbocycles. The van der Waals surface area contributed by atoms with E-state index in [-0.39, 0.29) is 5.78 Å². The molecule has 2 aromatic carbocycles. The first-order chi connectivity index (χ1) is 9.72. The second kappa shape index (κ2) is 5.00. The fourth-order valence-corrected chi connectivity index (χ4v) is 2.65. The van der Waals surface area contributed by atoms with Gasteiger partial charge in [0.25, 0.3) is 0 Å². The maximum atomic E-state index is 11.7. The summed E-state index contributed by atoms with van der Waals surface area (Å²) in [6, 6.07) is 11.9. The van der Waals surface area contributed by atoms with E-state index in [0.717, 1.165) is 28.7 Å². The lowest BCUT2D eigenvalue weighted by molar-refractivity contribution is 0.0994. The Balaban J connectivity index is 2.03. The Morgan fingerprint density at radius 2 is 1.55 bits per heavy atom. The van der Waals surface area contributed by atoms with Crippen LogP contribution < -0.4 is 9.47 Å². The third-order valence-corrected chi connectivity index (χ3v) is 3.74. The molecule has 0 radical (unpaired) electrons. The van der Waals surface area contributed by atoms with Gasteiger partial charge in [0.05, 0.1) is 14.2 Å². The zero-order chi connectivity index (χ0) is 14.1. The molecule has 0 N–H and O–H groups in total. The Kier molecular flexibility index (Phi) is 3.18. The van der Waals surface area contributed by atoms with Gasteiger partial charge >= 0.3 is 0 Å². The van der Waals surface area contributed by atoms with Gasteiger partial charge in [0, 0.05) is 12.0 Å². The molecule has 1 aliphatic carbocycles. The highest BCUT2D eigenvalue weighted by atomic mass is 16.5. The van der Waals surface area contributed by atoms with Crippen molar-refractivity contribution in [2.45, 2.75) is 12.8 Å². The Morgan fingerprint density at radius 1 is 0.850 bits per heavy atom. The zero-order valence-electron chi connectivity index (χ0n) is 11.6. The number of ketones is 1. The van der Waals surface area contributed by atoms with Crippen molar-refractivity contribution in [3.8, 4) is 22.6 Å². The van der Waals surface area contributed by atoms with Crippen molar-refractivity contribution in [1.29, 1.82) is 0 Å². The van der Waals surface area contributed by atoms with Gasteiger partial charge < -0.3 is 9.47 Å².